The smallest absolute Gasteiger partial charge is 0.237 e. The van der Waals surface area contributed by atoms with Crippen molar-refractivity contribution >= 4 is 21.8 Å². The minimum Gasteiger partial charge on any atom is -0.348 e. The van der Waals surface area contributed by atoms with Crippen LogP contribution in [0.25, 0.3) is 0 Å². The Balaban J connectivity index is 1.60. The largest absolute Gasteiger partial charge is 0.348 e. The maximum absolute atomic E-state index is 12.5. The summed E-state index contributed by atoms with van der Waals surface area (Å²) in [6, 6.07) is 8.64. The molecule has 1 aromatic carbocycles. The Labute approximate surface area is 135 Å². The monoisotopic (exact) mass is 350 g/mol. The summed E-state index contributed by atoms with van der Waals surface area (Å²) in [5.41, 5.74) is 1.13. The van der Waals surface area contributed by atoms with Gasteiger partial charge in [0.25, 0.3) is 0 Å². The van der Waals surface area contributed by atoms with Crippen LogP contribution >= 0.6 is 15.9 Å². The van der Waals surface area contributed by atoms with E-state index in [1.807, 2.05) is 25.1 Å². The minimum atomic E-state index is -0.0111. The molecule has 1 amide bonds. The second kappa shape index (κ2) is 6.49. The zero-order valence-electron chi connectivity index (χ0n) is 12.4. The number of nitrogens with one attached hydrogen (secondary N) is 2. The average Bonchev–Trinajstić information content (AvgIpc) is 2.91. The van der Waals surface area contributed by atoms with Gasteiger partial charge < -0.3 is 10.6 Å². The molecule has 4 unspecified atom stereocenters. The Morgan fingerprint density at radius 1 is 1.33 bits per heavy atom. The highest BCUT2D eigenvalue weighted by Crippen LogP contribution is 2.33. The van der Waals surface area contributed by atoms with Crippen molar-refractivity contribution in [3.8, 4) is 0 Å². The quantitative estimate of drug-likeness (QED) is 0.875. The summed E-state index contributed by atoms with van der Waals surface area (Å²) in [6.45, 7) is 2.04. The SMILES string of the molecule is CC(NC(=O)C1CC2CCCCC2N1)c1ccccc1Br. The molecule has 2 aliphatic rings. The number of carbonyl (C=O) groups is 1. The standard InChI is InChI=1S/C17H23BrN2O/c1-11(13-7-3-4-8-14(13)18)19-17(21)16-10-12-6-2-5-9-15(12)20-16/h3-4,7-8,11-12,15-16,20H,2,5-6,9-10H2,1H3,(H,19,21). The van der Waals surface area contributed by atoms with Gasteiger partial charge in [-0.15, -0.1) is 0 Å². The van der Waals surface area contributed by atoms with E-state index in [9.17, 15) is 4.79 Å². The van der Waals surface area contributed by atoms with Crippen LogP contribution < -0.4 is 10.6 Å². The van der Waals surface area contributed by atoms with E-state index >= 15 is 0 Å². The molecule has 0 aromatic heterocycles. The second-order valence-electron chi connectivity index (χ2n) is 6.36. The van der Waals surface area contributed by atoms with Gasteiger partial charge in [0.2, 0.25) is 5.91 Å². The molecule has 1 aliphatic carbocycles. The summed E-state index contributed by atoms with van der Waals surface area (Å²) in [4.78, 5) is 12.5. The van der Waals surface area contributed by atoms with Gasteiger partial charge in [-0.25, -0.2) is 0 Å². The van der Waals surface area contributed by atoms with Gasteiger partial charge >= 0.3 is 0 Å². The van der Waals surface area contributed by atoms with Crippen LogP contribution in [0, 0.1) is 5.92 Å². The summed E-state index contributed by atoms with van der Waals surface area (Å²) in [5, 5.41) is 6.70. The molecule has 3 nitrogen and oxygen atoms in total. The maximum Gasteiger partial charge on any atom is 0.237 e. The van der Waals surface area contributed by atoms with E-state index in [-0.39, 0.29) is 18.0 Å². The van der Waals surface area contributed by atoms with Crippen LogP contribution in [0.3, 0.4) is 0 Å². The molecule has 2 fully saturated rings. The van der Waals surface area contributed by atoms with Gasteiger partial charge in [0, 0.05) is 10.5 Å². The lowest BCUT2D eigenvalue weighted by Gasteiger charge is -2.24. The number of amides is 1. The molecule has 0 spiro atoms. The predicted molar refractivity (Wildman–Crippen MR) is 88.0 cm³/mol. The van der Waals surface area contributed by atoms with Crippen LogP contribution in [0.4, 0.5) is 0 Å². The van der Waals surface area contributed by atoms with Crippen LogP contribution in [0.1, 0.15) is 50.6 Å². The molecule has 4 atom stereocenters. The number of hydrogen-bond acceptors (Lipinski definition) is 2. The van der Waals surface area contributed by atoms with Gasteiger partial charge in [-0.1, -0.05) is 47.0 Å². The van der Waals surface area contributed by atoms with Crippen LogP contribution in [0.2, 0.25) is 0 Å². The third-order valence-corrected chi connectivity index (χ3v) is 5.63. The Morgan fingerprint density at radius 2 is 2.10 bits per heavy atom. The predicted octanol–water partition coefficient (Wildman–Crippen LogP) is 3.55. The first-order valence-electron chi connectivity index (χ1n) is 7.96. The van der Waals surface area contributed by atoms with Crippen LogP contribution in [0.5, 0.6) is 0 Å². The van der Waals surface area contributed by atoms with Crippen LogP contribution in [0.15, 0.2) is 28.7 Å². The number of hydrogen-bond donors (Lipinski definition) is 2. The van der Waals surface area contributed by atoms with Crippen molar-refractivity contribution in [3.63, 3.8) is 0 Å². The lowest BCUT2D eigenvalue weighted by atomic mass is 9.85. The van der Waals surface area contributed by atoms with E-state index in [0.29, 0.717) is 12.0 Å². The molecule has 2 N–H and O–H groups in total. The average molecular weight is 351 g/mol. The van der Waals surface area contributed by atoms with E-state index in [4.69, 9.17) is 0 Å². The third kappa shape index (κ3) is 3.32. The molecule has 1 aliphatic heterocycles. The molecule has 114 valence electrons. The molecule has 4 heteroatoms. The topological polar surface area (TPSA) is 41.1 Å². The highest BCUT2D eigenvalue weighted by atomic mass is 79.9. The van der Waals surface area contributed by atoms with E-state index in [1.165, 1.54) is 25.7 Å². The summed E-state index contributed by atoms with van der Waals surface area (Å²) < 4.78 is 1.05. The van der Waals surface area contributed by atoms with Gasteiger partial charge in [0.05, 0.1) is 12.1 Å². The number of fused-ring (bicyclic) bond motifs is 1. The second-order valence-corrected chi connectivity index (χ2v) is 7.21. The minimum absolute atomic E-state index is 0.0111. The first kappa shape index (κ1) is 15.0. The molecule has 1 aromatic rings. The number of halogens is 1. The van der Waals surface area contributed by atoms with Crippen LogP contribution in [-0.4, -0.2) is 18.0 Å². The molecular formula is C17H23BrN2O. The lowest BCUT2D eigenvalue weighted by Crippen LogP contribution is -2.43. The molecular weight excluding hydrogens is 328 g/mol. The van der Waals surface area contributed by atoms with Gasteiger partial charge in [-0.2, -0.15) is 0 Å². The first-order chi connectivity index (χ1) is 10.1. The Kier molecular flexibility index (Phi) is 4.65. The van der Waals surface area contributed by atoms with Gasteiger partial charge in [-0.05, 0) is 43.7 Å². The summed E-state index contributed by atoms with van der Waals surface area (Å²) in [5.74, 6) is 0.848. The highest BCUT2D eigenvalue weighted by molar-refractivity contribution is 9.10. The van der Waals surface area contributed by atoms with Crippen molar-refractivity contribution in [3.05, 3.63) is 34.3 Å². The Morgan fingerprint density at radius 3 is 2.86 bits per heavy atom. The zero-order chi connectivity index (χ0) is 14.8. The molecule has 1 heterocycles. The van der Waals surface area contributed by atoms with E-state index in [1.54, 1.807) is 0 Å². The molecule has 3 rings (SSSR count). The molecule has 1 saturated carbocycles. The molecule has 21 heavy (non-hydrogen) atoms. The van der Waals surface area contributed by atoms with Crippen molar-refractivity contribution in [2.75, 3.05) is 0 Å². The van der Waals surface area contributed by atoms with E-state index in [2.05, 4.69) is 32.6 Å². The van der Waals surface area contributed by atoms with Crippen molar-refractivity contribution in [2.24, 2.45) is 5.92 Å². The Hall–Kier alpha value is -0.870. The Bertz CT molecular complexity index is 505. The fourth-order valence-corrected chi connectivity index (χ4v) is 4.37. The highest BCUT2D eigenvalue weighted by Gasteiger charge is 2.38. The van der Waals surface area contributed by atoms with Crippen molar-refractivity contribution in [1.29, 1.82) is 0 Å². The summed E-state index contributed by atoms with van der Waals surface area (Å²) in [6.07, 6.45) is 6.13. The van der Waals surface area contributed by atoms with Gasteiger partial charge in [-0.3, -0.25) is 4.79 Å². The maximum atomic E-state index is 12.5. The number of carbonyl (C=O) groups excluding carboxylic acids is 1. The first-order valence-corrected chi connectivity index (χ1v) is 8.75. The normalized spacial score (nSPS) is 29.7. The summed E-state index contributed by atoms with van der Waals surface area (Å²) >= 11 is 3.55. The van der Waals surface area contributed by atoms with Crippen molar-refractivity contribution in [1.82, 2.24) is 10.6 Å². The van der Waals surface area contributed by atoms with Gasteiger partial charge in [0.1, 0.15) is 0 Å². The fourth-order valence-electron chi connectivity index (χ4n) is 3.74. The van der Waals surface area contributed by atoms with Gasteiger partial charge in [0.15, 0.2) is 0 Å². The third-order valence-electron chi connectivity index (χ3n) is 4.91. The van der Waals surface area contributed by atoms with Crippen molar-refractivity contribution in [2.45, 2.75) is 57.2 Å². The molecule has 1 saturated heterocycles. The van der Waals surface area contributed by atoms with E-state index in [0.717, 1.165) is 16.5 Å². The fraction of sp³-hybridized carbons (Fsp3) is 0.588. The zero-order valence-corrected chi connectivity index (χ0v) is 14.0. The van der Waals surface area contributed by atoms with Crippen molar-refractivity contribution < 1.29 is 4.79 Å². The molecule has 0 bridgehead atoms. The lowest BCUT2D eigenvalue weighted by molar-refractivity contribution is -0.123. The van der Waals surface area contributed by atoms with Crippen LogP contribution in [-0.2, 0) is 4.79 Å². The van der Waals surface area contributed by atoms with E-state index < -0.39 is 0 Å². The number of rotatable bonds is 3. The summed E-state index contributed by atoms with van der Waals surface area (Å²) in [7, 11) is 0. The molecule has 0 radical (unpaired) electrons. The number of benzene rings is 1.